The number of halogens is 1. The number of aromatic nitrogens is 2. The van der Waals surface area contributed by atoms with Crippen molar-refractivity contribution in [1.29, 1.82) is 0 Å². The summed E-state index contributed by atoms with van der Waals surface area (Å²) in [5.41, 5.74) is 11.0. The second-order valence-electron chi connectivity index (χ2n) is 13.2. The summed E-state index contributed by atoms with van der Waals surface area (Å²) in [6.07, 6.45) is 4.42. The molecule has 8 aromatic rings. The third kappa shape index (κ3) is 7.05. The monoisotopic (exact) mass is 745 g/mol. The lowest BCUT2D eigenvalue weighted by Crippen LogP contribution is -2.31. The molecule has 0 bridgehead atoms. The Kier molecular flexibility index (Phi) is 9.72. The fourth-order valence-corrected chi connectivity index (χ4v) is 6.82. The lowest BCUT2D eigenvalue weighted by atomic mass is 9.99. The summed E-state index contributed by atoms with van der Waals surface area (Å²) in [5.74, 6) is 0.410. The molecular formula is C45H36FN5O5. The Labute approximate surface area is 321 Å². The summed E-state index contributed by atoms with van der Waals surface area (Å²) >= 11 is 0. The van der Waals surface area contributed by atoms with Crippen molar-refractivity contribution in [1.82, 2.24) is 9.97 Å². The molecule has 0 aliphatic carbocycles. The van der Waals surface area contributed by atoms with E-state index in [2.05, 4.69) is 41.3 Å². The Bertz CT molecular complexity index is 2830. The molecule has 0 spiro atoms. The third-order valence-electron chi connectivity index (χ3n) is 9.65. The van der Waals surface area contributed by atoms with Crippen molar-refractivity contribution in [2.24, 2.45) is 10.8 Å². The maximum Gasteiger partial charge on any atom is 0.340 e. The maximum atomic E-state index is 15.6. The van der Waals surface area contributed by atoms with Crippen LogP contribution in [0.25, 0.3) is 43.5 Å². The van der Waals surface area contributed by atoms with Crippen LogP contribution in [0.2, 0.25) is 0 Å². The lowest BCUT2D eigenvalue weighted by Gasteiger charge is -2.17. The van der Waals surface area contributed by atoms with Gasteiger partial charge in [0.1, 0.15) is 11.5 Å². The highest BCUT2D eigenvalue weighted by molar-refractivity contribution is 6.04. The smallest absolute Gasteiger partial charge is 0.340 e. The number of phenols is 1. The number of aryl methyl sites for hydroxylation is 2. The Balaban J connectivity index is 0.984. The number of fused-ring (bicyclic) bond motifs is 4. The molecule has 0 fully saturated rings. The number of rotatable bonds is 11. The van der Waals surface area contributed by atoms with E-state index in [9.17, 15) is 9.90 Å². The van der Waals surface area contributed by atoms with Gasteiger partial charge < -0.3 is 25.1 Å². The van der Waals surface area contributed by atoms with E-state index in [1.54, 1.807) is 37.6 Å². The molecule has 10 nitrogen and oxygen atoms in total. The molecule has 0 aliphatic rings. The summed E-state index contributed by atoms with van der Waals surface area (Å²) in [5, 5.41) is 19.9. The van der Waals surface area contributed by atoms with E-state index in [1.807, 2.05) is 42.5 Å². The first-order valence-electron chi connectivity index (χ1n) is 18.0. The average Bonchev–Trinajstić information content (AvgIpc) is 3.21. The van der Waals surface area contributed by atoms with Crippen molar-refractivity contribution in [2.75, 3.05) is 18.7 Å². The summed E-state index contributed by atoms with van der Waals surface area (Å²) in [7, 11) is 1.55. The van der Waals surface area contributed by atoms with Crippen molar-refractivity contribution < 1.29 is 28.5 Å². The molecule has 2 heterocycles. The van der Waals surface area contributed by atoms with Crippen molar-refractivity contribution in [2.45, 2.75) is 19.8 Å². The second kappa shape index (κ2) is 15.2. The maximum absolute atomic E-state index is 15.6. The number of carbonyl (C=O) groups is 1. The predicted octanol–water partition coefficient (Wildman–Crippen LogP) is 9.97. The highest BCUT2D eigenvalue weighted by Gasteiger charge is 2.18. The van der Waals surface area contributed by atoms with E-state index in [1.165, 1.54) is 30.0 Å². The van der Waals surface area contributed by atoms with Gasteiger partial charge in [-0.25, -0.2) is 14.2 Å². The molecule has 0 saturated carbocycles. The molecule has 0 aliphatic heterocycles. The average molecular weight is 746 g/mol. The number of hydrogen-bond acceptors (Lipinski definition) is 8. The van der Waals surface area contributed by atoms with Crippen LogP contribution in [0.1, 0.15) is 23.1 Å². The number of nitrogens with two attached hydrogens (primary N) is 1. The fourth-order valence-electron chi connectivity index (χ4n) is 6.82. The number of methoxy groups -OCH3 is 1. The molecule has 2 aromatic heterocycles. The van der Waals surface area contributed by atoms with Gasteiger partial charge in [0.2, 0.25) is 0 Å². The van der Waals surface area contributed by atoms with Crippen molar-refractivity contribution in [3.05, 3.63) is 144 Å². The van der Waals surface area contributed by atoms with E-state index in [0.29, 0.717) is 40.3 Å². The van der Waals surface area contributed by atoms with Crippen LogP contribution < -0.4 is 25.0 Å². The number of benzene rings is 6. The Morgan fingerprint density at radius 2 is 1.66 bits per heavy atom. The summed E-state index contributed by atoms with van der Waals surface area (Å²) in [6.45, 7) is 2.51. The number of hydrazone groups is 1. The van der Waals surface area contributed by atoms with Gasteiger partial charge in [-0.05, 0) is 84.1 Å². The standard InChI is InChI=1S/C45H36FN5O5/c1-27-13-14-29(33-22-30-9-4-6-12-37(30)50-44(27)33)10-7-21-55-43-25-38-34(24-42(43)54-2)40(19-20-48-38)56-41-18-16-31(23-36(41)46)51(45(47)53)49-26-35-32-11-5-3-8-28(32)15-17-39(35)52/h3-6,8-9,11-20,22-26,52H,7,10,21H2,1-2H3,(H2,47,53)/b49-26+. The number of primary amides is 1. The van der Waals surface area contributed by atoms with Gasteiger partial charge in [0.15, 0.2) is 23.1 Å². The summed E-state index contributed by atoms with van der Waals surface area (Å²) < 4.78 is 33.6. The molecule has 278 valence electrons. The number of carbonyl (C=O) groups excluding carboxylic acids is 1. The number of urea groups is 1. The number of ether oxygens (including phenoxy) is 3. The molecular weight excluding hydrogens is 710 g/mol. The van der Waals surface area contributed by atoms with Crippen LogP contribution in [0.5, 0.6) is 28.7 Å². The first kappa shape index (κ1) is 35.7. The van der Waals surface area contributed by atoms with Gasteiger partial charge in [0.25, 0.3) is 0 Å². The number of para-hydroxylation sites is 1. The number of amides is 2. The van der Waals surface area contributed by atoms with Gasteiger partial charge in [-0.15, -0.1) is 0 Å². The minimum Gasteiger partial charge on any atom is -0.507 e. The zero-order chi connectivity index (χ0) is 38.8. The van der Waals surface area contributed by atoms with Gasteiger partial charge in [-0.1, -0.05) is 60.7 Å². The Hall–Kier alpha value is -7.27. The van der Waals surface area contributed by atoms with Gasteiger partial charge in [-0.3, -0.25) is 4.98 Å². The number of aromatic hydroxyl groups is 1. The largest absolute Gasteiger partial charge is 0.507 e. The third-order valence-corrected chi connectivity index (χ3v) is 9.65. The van der Waals surface area contributed by atoms with Gasteiger partial charge in [0.05, 0.1) is 42.2 Å². The number of nitrogens with zero attached hydrogens (tertiary/aromatic N) is 4. The molecule has 0 saturated heterocycles. The normalized spacial score (nSPS) is 11.5. The molecule has 0 radical (unpaired) electrons. The lowest BCUT2D eigenvalue weighted by molar-refractivity contribution is 0.254. The van der Waals surface area contributed by atoms with Crippen molar-refractivity contribution in [3.63, 3.8) is 0 Å². The number of phenolic OH excluding ortho intramolecular Hbond substituents is 1. The van der Waals surface area contributed by atoms with Crippen LogP contribution in [-0.4, -0.2) is 41.0 Å². The zero-order valence-electron chi connectivity index (χ0n) is 30.6. The van der Waals surface area contributed by atoms with E-state index < -0.39 is 11.8 Å². The summed E-state index contributed by atoms with van der Waals surface area (Å²) in [4.78, 5) is 21.9. The van der Waals surface area contributed by atoms with Gasteiger partial charge in [-0.2, -0.15) is 10.1 Å². The van der Waals surface area contributed by atoms with Gasteiger partial charge in [0, 0.05) is 40.1 Å². The SMILES string of the molecule is COc1cc2c(Oc3ccc(N(/N=C/c4c(O)ccc5ccccc45)C(N)=O)cc3F)ccnc2cc1OCCCc1ccc(C)c2nc3ccccc3cc12. The first-order valence-corrected chi connectivity index (χ1v) is 18.0. The molecule has 56 heavy (non-hydrogen) atoms. The molecule has 8 rings (SSSR count). The van der Waals surface area contributed by atoms with E-state index >= 15 is 4.39 Å². The number of hydrogen-bond donors (Lipinski definition) is 2. The first-order chi connectivity index (χ1) is 27.3. The highest BCUT2D eigenvalue weighted by atomic mass is 19.1. The van der Waals surface area contributed by atoms with Crippen LogP contribution in [0, 0.1) is 12.7 Å². The molecule has 0 unspecified atom stereocenters. The molecule has 6 aromatic carbocycles. The predicted molar refractivity (Wildman–Crippen MR) is 218 cm³/mol. The summed E-state index contributed by atoms with van der Waals surface area (Å²) in [6, 6.07) is 33.4. The van der Waals surface area contributed by atoms with Crippen LogP contribution in [-0.2, 0) is 6.42 Å². The second-order valence-corrected chi connectivity index (χ2v) is 13.2. The zero-order valence-corrected chi connectivity index (χ0v) is 30.6. The van der Waals surface area contributed by atoms with Gasteiger partial charge >= 0.3 is 6.03 Å². The minimum absolute atomic E-state index is 0.0365. The van der Waals surface area contributed by atoms with E-state index in [0.717, 1.165) is 62.1 Å². The topological polar surface area (TPSA) is 132 Å². The highest BCUT2D eigenvalue weighted by Crippen LogP contribution is 2.38. The molecule has 0 atom stereocenters. The molecule has 11 heteroatoms. The quantitative estimate of drug-likeness (QED) is 0.0583. The van der Waals surface area contributed by atoms with Crippen LogP contribution in [0.15, 0.2) is 127 Å². The van der Waals surface area contributed by atoms with Crippen LogP contribution in [0.4, 0.5) is 14.9 Å². The van der Waals surface area contributed by atoms with Crippen molar-refractivity contribution >= 4 is 61.4 Å². The number of anilines is 1. The van der Waals surface area contributed by atoms with Crippen LogP contribution in [0.3, 0.4) is 0 Å². The molecule has 3 N–H and O–H groups in total. The Morgan fingerprint density at radius 1 is 0.839 bits per heavy atom. The number of pyridine rings is 2. The Morgan fingerprint density at radius 3 is 2.48 bits per heavy atom. The minimum atomic E-state index is -0.950. The van der Waals surface area contributed by atoms with Crippen LogP contribution >= 0.6 is 0 Å². The van der Waals surface area contributed by atoms with E-state index in [4.69, 9.17) is 24.9 Å². The van der Waals surface area contributed by atoms with E-state index in [-0.39, 0.29) is 17.2 Å². The molecule has 2 amide bonds. The van der Waals surface area contributed by atoms with Crippen molar-refractivity contribution in [3.8, 4) is 28.7 Å². The fraction of sp³-hybridized carbons (Fsp3) is 0.111.